The van der Waals surface area contributed by atoms with E-state index in [4.69, 9.17) is 0 Å². The van der Waals surface area contributed by atoms with Crippen LogP contribution in [0.1, 0.15) is 31.4 Å². The van der Waals surface area contributed by atoms with Gasteiger partial charge in [0.15, 0.2) is 0 Å². The second-order valence-corrected chi connectivity index (χ2v) is 5.84. The minimum Gasteiger partial charge on any atom is -0.300 e. The highest BCUT2D eigenvalue weighted by Crippen LogP contribution is 2.25. The number of hydrogen-bond donors (Lipinski definition) is 1. The molecule has 2 heterocycles. The number of aryl methyl sites for hydroxylation is 1. The molecule has 1 N–H and O–H groups in total. The number of Topliss-reactive ketones (excluding diaryl/α,β-unsaturated/α-hetero) is 1. The first-order chi connectivity index (χ1) is 10.9. The molecular formula is C16H17N3O4. The quantitative estimate of drug-likeness (QED) is 0.833. The lowest BCUT2D eigenvalue weighted by molar-refractivity contribution is -0.135. The summed E-state index contributed by atoms with van der Waals surface area (Å²) >= 11 is 0. The molecule has 7 heteroatoms. The number of aromatic nitrogens is 2. The number of benzene rings is 1. The Labute approximate surface area is 131 Å². The zero-order valence-corrected chi connectivity index (χ0v) is 13.0. The van der Waals surface area contributed by atoms with Crippen molar-refractivity contribution in [2.24, 2.45) is 7.05 Å². The fourth-order valence-corrected chi connectivity index (χ4v) is 3.16. The standard InChI is InChI=1S/C16H17N3O4/c1-9(20)8-10-4-3-5-11-14(10)18(2)16(23)19(11)12-6-7-13(21)17-15(12)22/h3-5,12H,6-8H2,1-2H3,(H,17,21,22). The number of amides is 2. The van der Waals surface area contributed by atoms with Gasteiger partial charge in [-0.25, -0.2) is 4.79 Å². The van der Waals surface area contributed by atoms with E-state index in [1.165, 1.54) is 16.1 Å². The summed E-state index contributed by atoms with van der Waals surface area (Å²) in [5.74, 6) is -0.789. The molecule has 0 bridgehead atoms. The molecule has 120 valence electrons. The van der Waals surface area contributed by atoms with Crippen LogP contribution in [-0.2, 0) is 27.9 Å². The van der Waals surface area contributed by atoms with Crippen LogP contribution < -0.4 is 11.0 Å². The van der Waals surface area contributed by atoms with Crippen LogP contribution in [0, 0.1) is 0 Å². The molecule has 2 amide bonds. The van der Waals surface area contributed by atoms with E-state index in [0.717, 1.165) is 5.56 Å². The van der Waals surface area contributed by atoms with Gasteiger partial charge >= 0.3 is 5.69 Å². The minimum absolute atomic E-state index is 0.00120. The van der Waals surface area contributed by atoms with E-state index in [1.807, 2.05) is 0 Å². The summed E-state index contributed by atoms with van der Waals surface area (Å²) in [5.41, 5.74) is 1.68. The lowest BCUT2D eigenvalue weighted by atomic mass is 10.0. The van der Waals surface area contributed by atoms with E-state index in [9.17, 15) is 19.2 Å². The van der Waals surface area contributed by atoms with Gasteiger partial charge in [-0.3, -0.25) is 28.8 Å². The SMILES string of the molecule is CC(=O)Cc1cccc2c1n(C)c(=O)n2C1CCC(=O)NC1=O. The second kappa shape index (κ2) is 5.49. The summed E-state index contributed by atoms with van der Waals surface area (Å²) < 4.78 is 2.87. The zero-order chi connectivity index (χ0) is 16.7. The monoisotopic (exact) mass is 315 g/mol. The van der Waals surface area contributed by atoms with E-state index in [-0.39, 0.29) is 30.2 Å². The molecule has 0 radical (unpaired) electrons. The van der Waals surface area contributed by atoms with Crippen molar-refractivity contribution < 1.29 is 14.4 Å². The molecule has 0 saturated carbocycles. The number of nitrogens with one attached hydrogen (secondary N) is 1. The highest BCUT2D eigenvalue weighted by atomic mass is 16.2. The molecule has 7 nitrogen and oxygen atoms in total. The van der Waals surface area contributed by atoms with Crippen molar-refractivity contribution in [2.75, 3.05) is 0 Å². The summed E-state index contributed by atoms with van der Waals surface area (Å²) in [7, 11) is 1.62. The third-order valence-electron chi connectivity index (χ3n) is 4.15. The number of imidazole rings is 1. The lowest BCUT2D eigenvalue weighted by Crippen LogP contribution is -2.44. The molecule has 0 spiro atoms. The maximum absolute atomic E-state index is 12.6. The van der Waals surface area contributed by atoms with E-state index < -0.39 is 11.9 Å². The smallest absolute Gasteiger partial charge is 0.300 e. The van der Waals surface area contributed by atoms with Crippen LogP contribution in [0.5, 0.6) is 0 Å². The number of fused-ring (bicyclic) bond motifs is 1. The van der Waals surface area contributed by atoms with Crippen molar-refractivity contribution in [1.82, 2.24) is 14.5 Å². The van der Waals surface area contributed by atoms with Crippen LogP contribution in [0.2, 0.25) is 0 Å². The molecule has 1 aromatic heterocycles. The van der Waals surface area contributed by atoms with Gasteiger partial charge in [0.2, 0.25) is 11.8 Å². The van der Waals surface area contributed by atoms with Crippen molar-refractivity contribution in [1.29, 1.82) is 0 Å². The van der Waals surface area contributed by atoms with Gasteiger partial charge in [-0.15, -0.1) is 0 Å². The van der Waals surface area contributed by atoms with Crippen molar-refractivity contribution in [3.63, 3.8) is 0 Å². The van der Waals surface area contributed by atoms with Gasteiger partial charge in [0.05, 0.1) is 11.0 Å². The Morgan fingerprint density at radius 3 is 2.70 bits per heavy atom. The third-order valence-corrected chi connectivity index (χ3v) is 4.15. The van der Waals surface area contributed by atoms with Gasteiger partial charge in [0.25, 0.3) is 0 Å². The van der Waals surface area contributed by atoms with Crippen molar-refractivity contribution in [3.8, 4) is 0 Å². The molecule has 1 aliphatic rings. The van der Waals surface area contributed by atoms with Gasteiger partial charge in [-0.05, 0) is 25.0 Å². The van der Waals surface area contributed by atoms with E-state index in [0.29, 0.717) is 17.5 Å². The van der Waals surface area contributed by atoms with Gasteiger partial charge in [-0.2, -0.15) is 0 Å². The molecule has 1 aromatic carbocycles. The molecule has 0 aliphatic carbocycles. The Morgan fingerprint density at radius 1 is 1.30 bits per heavy atom. The normalized spacial score (nSPS) is 18.3. The first-order valence-electron chi connectivity index (χ1n) is 7.42. The van der Waals surface area contributed by atoms with Crippen LogP contribution in [0.3, 0.4) is 0 Å². The number of piperidine rings is 1. The lowest BCUT2D eigenvalue weighted by Gasteiger charge is -2.21. The number of imide groups is 1. The summed E-state index contributed by atoms with van der Waals surface area (Å²) in [4.78, 5) is 47.5. The first-order valence-corrected chi connectivity index (χ1v) is 7.42. The maximum Gasteiger partial charge on any atom is 0.329 e. The number of rotatable bonds is 3. The Bertz CT molecular complexity index is 891. The van der Waals surface area contributed by atoms with Crippen LogP contribution in [-0.4, -0.2) is 26.7 Å². The number of carbonyl (C=O) groups excluding carboxylic acids is 3. The summed E-state index contributed by atoms with van der Waals surface area (Å²) in [6, 6.07) is 4.61. The fourth-order valence-electron chi connectivity index (χ4n) is 3.16. The zero-order valence-electron chi connectivity index (χ0n) is 13.0. The highest BCUT2D eigenvalue weighted by Gasteiger charge is 2.31. The molecule has 2 aromatic rings. The predicted octanol–water partition coefficient (Wildman–Crippen LogP) is 0.449. The highest BCUT2D eigenvalue weighted by molar-refractivity contribution is 6.00. The molecule has 1 aliphatic heterocycles. The fraction of sp³-hybridized carbons (Fsp3) is 0.375. The summed E-state index contributed by atoms with van der Waals surface area (Å²) in [5, 5.41) is 2.27. The van der Waals surface area contributed by atoms with Crippen molar-refractivity contribution in [2.45, 2.75) is 32.2 Å². The average molecular weight is 315 g/mol. The van der Waals surface area contributed by atoms with Gasteiger partial charge in [-0.1, -0.05) is 12.1 Å². The summed E-state index contributed by atoms with van der Waals surface area (Å²) in [6.07, 6.45) is 0.719. The minimum atomic E-state index is -0.712. The predicted molar refractivity (Wildman–Crippen MR) is 83.0 cm³/mol. The molecule has 1 atom stereocenters. The second-order valence-electron chi connectivity index (χ2n) is 5.84. The average Bonchev–Trinajstić information content (AvgIpc) is 2.72. The third kappa shape index (κ3) is 2.48. The van der Waals surface area contributed by atoms with Crippen LogP contribution in [0.4, 0.5) is 0 Å². The van der Waals surface area contributed by atoms with Crippen LogP contribution >= 0.6 is 0 Å². The van der Waals surface area contributed by atoms with Crippen molar-refractivity contribution in [3.05, 3.63) is 34.2 Å². The van der Waals surface area contributed by atoms with E-state index >= 15 is 0 Å². The number of carbonyl (C=O) groups is 3. The van der Waals surface area contributed by atoms with E-state index in [2.05, 4.69) is 5.32 Å². The molecule has 3 rings (SSSR count). The number of nitrogens with zero attached hydrogens (tertiary/aromatic N) is 2. The molecule has 1 fully saturated rings. The van der Waals surface area contributed by atoms with Crippen LogP contribution in [0.15, 0.2) is 23.0 Å². The van der Waals surface area contributed by atoms with E-state index in [1.54, 1.807) is 25.2 Å². The van der Waals surface area contributed by atoms with Crippen molar-refractivity contribution >= 4 is 28.6 Å². The Kier molecular flexibility index (Phi) is 3.63. The largest absolute Gasteiger partial charge is 0.329 e. The maximum atomic E-state index is 12.6. The molecule has 23 heavy (non-hydrogen) atoms. The molecular weight excluding hydrogens is 298 g/mol. The van der Waals surface area contributed by atoms with Gasteiger partial charge in [0.1, 0.15) is 11.8 Å². The summed E-state index contributed by atoms with van der Waals surface area (Å²) in [6.45, 7) is 1.49. The van der Waals surface area contributed by atoms with Gasteiger partial charge in [0, 0.05) is 19.9 Å². The van der Waals surface area contributed by atoms with Gasteiger partial charge < -0.3 is 0 Å². The first kappa shape index (κ1) is 15.2. The topological polar surface area (TPSA) is 90.2 Å². The molecule has 1 unspecified atom stereocenters. The van der Waals surface area contributed by atoms with Crippen LogP contribution in [0.25, 0.3) is 11.0 Å². The number of para-hydroxylation sites is 1. The number of hydrogen-bond acceptors (Lipinski definition) is 4. The Morgan fingerprint density at radius 2 is 2.04 bits per heavy atom. The Balaban J connectivity index is 2.21. The Hall–Kier alpha value is -2.70. The number of ketones is 1. The molecule has 1 saturated heterocycles.